The lowest BCUT2D eigenvalue weighted by Gasteiger charge is -2.13. The highest BCUT2D eigenvalue weighted by molar-refractivity contribution is 6.31. The number of hydrogen-bond donors (Lipinski definition) is 0. The van der Waals surface area contributed by atoms with E-state index in [0.29, 0.717) is 5.95 Å². The lowest BCUT2D eigenvalue weighted by atomic mass is 9.98. The Morgan fingerprint density at radius 3 is 2.15 bits per heavy atom. The average Bonchev–Trinajstić information content (AvgIpc) is 3.53. The standard InChI is InChI=1S/C36H25N3O/c1-3-13-24-22(2)39(36-37-29-20-11-9-18-27(29)33(38-36)23-14-5-4-6-15-23)34-25-16-7-8-17-26(25)35-32(31(24)34)28-19-10-12-21-30(28)40-35/h3-21H,1-2H3/b13-3-. The Balaban J connectivity index is 1.61. The van der Waals surface area contributed by atoms with Gasteiger partial charge in [-0.15, -0.1) is 0 Å². The molecule has 0 aliphatic heterocycles. The van der Waals surface area contributed by atoms with Gasteiger partial charge in [0.05, 0.1) is 16.7 Å². The average molecular weight is 516 g/mol. The molecule has 0 aliphatic rings. The van der Waals surface area contributed by atoms with E-state index in [0.717, 1.165) is 77.0 Å². The molecule has 8 rings (SSSR count). The van der Waals surface area contributed by atoms with Crippen molar-refractivity contribution in [3.63, 3.8) is 0 Å². The number of allylic oxidation sites excluding steroid dienone is 1. The topological polar surface area (TPSA) is 43.9 Å². The van der Waals surface area contributed by atoms with E-state index in [1.165, 1.54) is 0 Å². The fraction of sp³-hybridized carbons (Fsp3) is 0.0556. The highest BCUT2D eigenvalue weighted by Gasteiger charge is 2.25. The molecule has 40 heavy (non-hydrogen) atoms. The van der Waals surface area contributed by atoms with Crippen molar-refractivity contribution in [1.82, 2.24) is 14.5 Å². The molecule has 0 saturated heterocycles. The van der Waals surface area contributed by atoms with Gasteiger partial charge in [0.25, 0.3) is 0 Å². The molecule has 0 aliphatic carbocycles. The van der Waals surface area contributed by atoms with Crippen LogP contribution in [0.15, 0.2) is 114 Å². The van der Waals surface area contributed by atoms with Crippen molar-refractivity contribution in [1.29, 1.82) is 0 Å². The maximum Gasteiger partial charge on any atom is 0.235 e. The minimum absolute atomic E-state index is 0.660. The third-order valence-electron chi connectivity index (χ3n) is 7.90. The smallest absolute Gasteiger partial charge is 0.235 e. The number of hydrogen-bond acceptors (Lipinski definition) is 3. The van der Waals surface area contributed by atoms with Crippen LogP contribution < -0.4 is 0 Å². The largest absolute Gasteiger partial charge is 0.455 e. The van der Waals surface area contributed by atoms with Gasteiger partial charge in [0, 0.05) is 49.1 Å². The molecule has 0 fully saturated rings. The van der Waals surface area contributed by atoms with Crippen LogP contribution in [-0.4, -0.2) is 14.5 Å². The van der Waals surface area contributed by atoms with Crippen molar-refractivity contribution < 1.29 is 4.42 Å². The Labute approximate surface area is 230 Å². The number of benzene rings is 5. The monoisotopic (exact) mass is 515 g/mol. The zero-order valence-electron chi connectivity index (χ0n) is 22.2. The third-order valence-corrected chi connectivity index (χ3v) is 7.90. The quantitative estimate of drug-likeness (QED) is 0.235. The van der Waals surface area contributed by atoms with E-state index < -0.39 is 0 Å². The zero-order chi connectivity index (χ0) is 26.8. The number of fused-ring (bicyclic) bond motifs is 9. The summed E-state index contributed by atoms with van der Waals surface area (Å²) in [6.45, 7) is 4.23. The summed E-state index contributed by atoms with van der Waals surface area (Å²) in [4.78, 5) is 10.4. The van der Waals surface area contributed by atoms with Crippen LogP contribution in [0.25, 0.3) is 77.8 Å². The summed E-state index contributed by atoms with van der Waals surface area (Å²) < 4.78 is 8.77. The predicted molar refractivity (Wildman–Crippen MR) is 166 cm³/mol. The lowest BCUT2D eigenvalue weighted by Crippen LogP contribution is -2.05. The van der Waals surface area contributed by atoms with Crippen molar-refractivity contribution in [2.75, 3.05) is 0 Å². The summed E-state index contributed by atoms with van der Waals surface area (Å²) >= 11 is 0. The van der Waals surface area contributed by atoms with Gasteiger partial charge in [-0.3, -0.25) is 4.57 Å². The van der Waals surface area contributed by atoms with Crippen LogP contribution in [0.4, 0.5) is 0 Å². The van der Waals surface area contributed by atoms with Gasteiger partial charge in [0.2, 0.25) is 5.95 Å². The summed E-state index contributed by atoms with van der Waals surface area (Å²) in [6.07, 6.45) is 4.30. The van der Waals surface area contributed by atoms with E-state index in [-0.39, 0.29) is 0 Å². The van der Waals surface area contributed by atoms with Crippen LogP contribution >= 0.6 is 0 Å². The lowest BCUT2D eigenvalue weighted by molar-refractivity contribution is 0.673. The molecule has 190 valence electrons. The summed E-state index contributed by atoms with van der Waals surface area (Å²) in [5, 5.41) is 6.63. The van der Waals surface area contributed by atoms with Gasteiger partial charge < -0.3 is 4.42 Å². The number of aromatic nitrogens is 3. The van der Waals surface area contributed by atoms with Gasteiger partial charge >= 0.3 is 0 Å². The summed E-state index contributed by atoms with van der Waals surface area (Å²) in [5.41, 5.74) is 8.04. The maximum atomic E-state index is 6.53. The van der Waals surface area contributed by atoms with E-state index in [1.807, 2.05) is 30.3 Å². The van der Waals surface area contributed by atoms with Crippen molar-refractivity contribution >= 4 is 60.6 Å². The first-order valence-electron chi connectivity index (χ1n) is 13.6. The third kappa shape index (κ3) is 3.13. The molecule has 0 amide bonds. The van der Waals surface area contributed by atoms with Crippen LogP contribution in [0.5, 0.6) is 0 Å². The molecule has 3 heterocycles. The number of rotatable bonds is 3. The van der Waals surface area contributed by atoms with E-state index in [1.54, 1.807) is 0 Å². The fourth-order valence-corrected chi connectivity index (χ4v) is 6.19. The normalized spacial score (nSPS) is 12.2. The minimum atomic E-state index is 0.660. The highest BCUT2D eigenvalue weighted by atomic mass is 16.3. The molecule has 4 heteroatoms. The second-order valence-corrected chi connectivity index (χ2v) is 10.2. The fourth-order valence-electron chi connectivity index (χ4n) is 6.19. The second kappa shape index (κ2) is 8.65. The van der Waals surface area contributed by atoms with Crippen LogP contribution in [0, 0.1) is 6.92 Å². The number of furan rings is 1. The second-order valence-electron chi connectivity index (χ2n) is 10.2. The van der Waals surface area contributed by atoms with E-state index in [2.05, 4.69) is 103 Å². The SMILES string of the molecule is C/C=C\c1c(C)n(-c2nc(-c3ccccc3)c3ccccc3n2)c2c3ccccc3c3oc4ccccc4c3c12. The van der Waals surface area contributed by atoms with E-state index in [9.17, 15) is 0 Å². The van der Waals surface area contributed by atoms with Crippen LogP contribution in [0.2, 0.25) is 0 Å². The van der Waals surface area contributed by atoms with E-state index in [4.69, 9.17) is 14.4 Å². The molecule has 0 radical (unpaired) electrons. The molecule has 0 unspecified atom stereocenters. The van der Waals surface area contributed by atoms with Crippen LogP contribution in [0.3, 0.4) is 0 Å². The number of nitrogens with zero attached hydrogens (tertiary/aromatic N) is 3. The minimum Gasteiger partial charge on any atom is -0.455 e. The van der Waals surface area contributed by atoms with Gasteiger partial charge in [0.1, 0.15) is 11.2 Å². The Morgan fingerprint density at radius 1 is 0.675 bits per heavy atom. The maximum absolute atomic E-state index is 6.53. The van der Waals surface area contributed by atoms with Crippen molar-refractivity contribution in [3.8, 4) is 17.2 Å². The molecule has 0 bridgehead atoms. The summed E-state index contributed by atoms with van der Waals surface area (Å²) in [5.74, 6) is 0.660. The first-order valence-corrected chi connectivity index (χ1v) is 13.6. The van der Waals surface area contributed by atoms with Gasteiger partial charge in [0.15, 0.2) is 0 Å². The molecule has 5 aromatic carbocycles. The molecule has 0 atom stereocenters. The van der Waals surface area contributed by atoms with E-state index >= 15 is 0 Å². The van der Waals surface area contributed by atoms with Gasteiger partial charge in [-0.2, -0.15) is 0 Å². The Morgan fingerprint density at radius 2 is 1.35 bits per heavy atom. The molecule has 0 spiro atoms. The summed E-state index contributed by atoms with van der Waals surface area (Å²) in [7, 11) is 0. The van der Waals surface area contributed by atoms with Gasteiger partial charge in [-0.05, 0) is 26.0 Å². The van der Waals surface area contributed by atoms with Crippen molar-refractivity contribution in [2.24, 2.45) is 0 Å². The Bertz CT molecular complexity index is 2290. The Hall–Kier alpha value is -5.22. The van der Waals surface area contributed by atoms with Crippen molar-refractivity contribution in [3.05, 3.63) is 120 Å². The first kappa shape index (κ1) is 22.7. The molecule has 8 aromatic rings. The molecular weight excluding hydrogens is 490 g/mol. The summed E-state index contributed by atoms with van der Waals surface area (Å²) in [6, 6.07) is 35.4. The number of para-hydroxylation sites is 2. The molecule has 0 saturated carbocycles. The van der Waals surface area contributed by atoms with Crippen molar-refractivity contribution in [2.45, 2.75) is 13.8 Å². The molecular formula is C36H25N3O. The predicted octanol–water partition coefficient (Wildman–Crippen LogP) is 9.63. The Kier molecular flexibility index (Phi) is 4.92. The molecule has 4 nitrogen and oxygen atoms in total. The molecule has 0 N–H and O–H groups in total. The zero-order valence-corrected chi connectivity index (χ0v) is 22.2. The van der Waals surface area contributed by atoms with Gasteiger partial charge in [-0.1, -0.05) is 103 Å². The van der Waals surface area contributed by atoms with Crippen LogP contribution in [0.1, 0.15) is 18.2 Å². The first-order chi connectivity index (χ1) is 19.7. The van der Waals surface area contributed by atoms with Gasteiger partial charge in [-0.25, -0.2) is 9.97 Å². The van der Waals surface area contributed by atoms with Crippen LogP contribution in [-0.2, 0) is 0 Å². The highest BCUT2D eigenvalue weighted by Crippen LogP contribution is 2.45. The molecule has 3 aromatic heterocycles.